The molecule has 0 amide bonds. The Kier molecular flexibility index (Phi) is 4.71. The van der Waals surface area contributed by atoms with Crippen molar-refractivity contribution >= 4 is 11.3 Å². The van der Waals surface area contributed by atoms with Crippen molar-refractivity contribution in [2.75, 3.05) is 20.3 Å². The Hall–Kier alpha value is -0.490. The molecule has 1 aliphatic heterocycles. The average Bonchev–Trinajstić information content (AvgIpc) is 2.76. The van der Waals surface area contributed by atoms with Gasteiger partial charge >= 0.3 is 0 Å². The third-order valence-corrected chi connectivity index (χ3v) is 3.46. The highest BCUT2D eigenvalue weighted by Crippen LogP contribution is 2.15. The molecule has 2 heterocycles. The van der Waals surface area contributed by atoms with E-state index >= 15 is 0 Å². The Morgan fingerprint density at radius 3 is 3.12 bits per heavy atom. The topological polar surface area (TPSA) is 43.4 Å². The quantitative estimate of drug-likeness (QED) is 0.851. The van der Waals surface area contributed by atoms with Crippen LogP contribution < -0.4 is 5.32 Å². The number of rotatable bonds is 5. The standard InChI is InChI=1S/C11H18N2O2S/c1-12-6-11-13-9(8-16-11)7-15-10-2-4-14-5-3-10/h8,10,12H,2-7H2,1H3. The van der Waals surface area contributed by atoms with E-state index in [2.05, 4.69) is 15.7 Å². The zero-order chi connectivity index (χ0) is 11.2. The van der Waals surface area contributed by atoms with Gasteiger partial charge < -0.3 is 14.8 Å². The summed E-state index contributed by atoms with van der Waals surface area (Å²) in [5, 5.41) is 6.29. The lowest BCUT2D eigenvalue weighted by Gasteiger charge is -2.21. The normalized spacial score (nSPS) is 17.8. The number of nitrogens with zero attached hydrogens (tertiary/aromatic N) is 1. The van der Waals surface area contributed by atoms with Gasteiger partial charge in [-0.05, 0) is 19.9 Å². The van der Waals surface area contributed by atoms with Gasteiger partial charge in [-0.25, -0.2) is 4.98 Å². The van der Waals surface area contributed by atoms with Crippen molar-refractivity contribution in [2.45, 2.75) is 32.1 Å². The second-order valence-electron chi connectivity index (χ2n) is 3.89. The summed E-state index contributed by atoms with van der Waals surface area (Å²) in [6, 6.07) is 0. The molecule has 0 saturated carbocycles. The Balaban J connectivity index is 1.75. The first-order chi connectivity index (χ1) is 7.88. The molecule has 0 radical (unpaired) electrons. The van der Waals surface area contributed by atoms with Crippen LogP contribution in [0.2, 0.25) is 0 Å². The summed E-state index contributed by atoms with van der Waals surface area (Å²) in [5.41, 5.74) is 1.04. The smallest absolute Gasteiger partial charge is 0.107 e. The molecule has 0 spiro atoms. The molecule has 1 aromatic heterocycles. The molecule has 4 nitrogen and oxygen atoms in total. The molecule has 16 heavy (non-hydrogen) atoms. The number of hydrogen-bond acceptors (Lipinski definition) is 5. The fraction of sp³-hybridized carbons (Fsp3) is 0.727. The van der Waals surface area contributed by atoms with Gasteiger partial charge in [0.15, 0.2) is 0 Å². The molecule has 90 valence electrons. The van der Waals surface area contributed by atoms with Crippen LogP contribution in [0.1, 0.15) is 23.5 Å². The SMILES string of the molecule is CNCc1nc(COC2CCOCC2)cs1. The molecule has 0 aromatic carbocycles. The van der Waals surface area contributed by atoms with Crippen molar-refractivity contribution in [2.24, 2.45) is 0 Å². The summed E-state index contributed by atoms with van der Waals surface area (Å²) in [7, 11) is 1.93. The molecule has 1 N–H and O–H groups in total. The molecule has 2 rings (SSSR count). The lowest BCUT2D eigenvalue weighted by molar-refractivity contribution is -0.0398. The summed E-state index contributed by atoms with van der Waals surface area (Å²) in [4.78, 5) is 4.48. The molecular formula is C11H18N2O2S. The number of thiazole rings is 1. The number of hydrogen-bond donors (Lipinski definition) is 1. The fourth-order valence-corrected chi connectivity index (χ4v) is 2.48. The first-order valence-electron chi connectivity index (χ1n) is 5.65. The maximum Gasteiger partial charge on any atom is 0.107 e. The van der Waals surface area contributed by atoms with Crippen molar-refractivity contribution in [3.8, 4) is 0 Å². The highest BCUT2D eigenvalue weighted by molar-refractivity contribution is 7.09. The second kappa shape index (κ2) is 6.30. The van der Waals surface area contributed by atoms with Crippen LogP contribution in [0.25, 0.3) is 0 Å². The summed E-state index contributed by atoms with van der Waals surface area (Å²) in [6.45, 7) is 3.12. The summed E-state index contributed by atoms with van der Waals surface area (Å²) >= 11 is 1.68. The van der Waals surface area contributed by atoms with Gasteiger partial charge in [-0.15, -0.1) is 11.3 Å². The Bertz CT molecular complexity index is 311. The molecule has 1 saturated heterocycles. The summed E-state index contributed by atoms with van der Waals surface area (Å²) in [5.74, 6) is 0. The van der Waals surface area contributed by atoms with Crippen LogP contribution in [0.4, 0.5) is 0 Å². The molecule has 0 bridgehead atoms. The van der Waals surface area contributed by atoms with E-state index in [0.29, 0.717) is 12.7 Å². The van der Waals surface area contributed by atoms with Crippen molar-refractivity contribution in [3.05, 3.63) is 16.1 Å². The van der Waals surface area contributed by atoms with Crippen LogP contribution in [0.5, 0.6) is 0 Å². The molecular weight excluding hydrogens is 224 g/mol. The van der Waals surface area contributed by atoms with Gasteiger partial charge in [0.2, 0.25) is 0 Å². The molecule has 1 aromatic rings. The fourth-order valence-electron chi connectivity index (χ4n) is 1.69. The Morgan fingerprint density at radius 1 is 1.56 bits per heavy atom. The first kappa shape index (κ1) is 12.0. The zero-order valence-electron chi connectivity index (χ0n) is 9.57. The van der Waals surface area contributed by atoms with E-state index in [0.717, 1.165) is 43.3 Å². The van der Waals surface area contributed by atoms with Crippen LogP contribution in [-0.4, -0.2) is 31.3 Å². The molecule has 0 unspecified atom stereocenters. The minimum atomic E-state index is 0.350. The van der Waals surface area contributed by atoms with Crippen LogP contribution in [0.15, 0.2) is 5.38 Å². The highest BCUT2D eigenvalue weighted by Gasteiger charge is 2.14. The van der Waals surface area contributed by atoms with Crippen molar-refractivity contribution < 1.29 is 9.47 Å². The average molecular weight is 242 g/mol. The van der Waals surface area contributed by atoms with Gasteiger partial charge in [0, 0.05) is 25.1 Å². The van der Waals surface area contributed by atoms with Gasteiger partial charge in [-0.3, -0.25) is 0 Å². The van der Waals surface area contributed by atoms with E-state index in [1.165, 1.54) is 0 Å². The predicted molar refractivity (Wildman–Crippen MR) is 63.5 cm³/mol. The third kappa shape index (κ3) is 3.52. The molecule has 0 atom stereocenters. The molecule has 1 aliphatic rings. The van der Waals surface area contributed by atoms with E-state index in [-0.39, 0.29) is 0 Å². The van der Waals surface area contributed by atoms with E-state index in [4.69, 9.17) is 9.47 Å². The number of ether oxygens (including phenoxy) is 2. The number of nitrogens with one attached hydrogen (secondary N) is 1. The largest absolute Gasteiger partial charge is 0.381 e. The van der Waals surface area contributed by atoms with Crippen LogP contribution in [-0.2, 0) is 22.6 Å². The van der Waals surface area contributed by atoms with Gasteiger partial charge in [-0.1, -0.05) is 0 Å². The van der Waals surface area contributed by atoms with Gasteiger partial charge in [0.1, 0.15) is 5.01 Å². The molecule has 0 aliphatic carbocycles. The third-order valence-electron chi connectivity index (χ3n) is 2.56. The monoisotopic (exact) mass is 242 g/mol. The van der Waals surface area contributed by atoms with E-state index in [9.17, 15) is 0 Å². The lowest BCUT2D eigenvalue weighted by atomic mass is 10.1. The van der Waals surface area contributed by atoms with Crippen LogP contribution in [0, 0.1) is 0 Å². The van der Waals surface area contributed by atoms with E-state index < -0.39 is 0 Å². The van der Waals surface area contributed by atoms with Crippen molar-refractivity contribution in [1.82, 2.24) is 10.3 Å². The predicted octanol–water partition coefficient (Wildman–Crippen LogP) is 1.56. The van der Waals surface area contributed by atoms with Crippen molar-refractivity contribution in [3.63, 3.8) is 0 Å². The first-order valence-corrected chi connectivity index (χ1v) is 6.53. The minimum absolute atomic E-state index is 0.350. The highest BCUT2D eigenvalue weighted by atomic mass is 32.1. The van der Waals surface area contributed by atoms with E-state index in [1.54, 1.807) is 11.3 Å². The minimum Gasteiger partial charge on any atom is -0.381 e. The summed E-state index contributed by atoms with van der Waals surface area (Å²) < 4.78 is 11.1. The second-order valence-corrected chi connectivity index (χ2v) is 4.83. The van der Waals surface area contributed by atoms with Crippen molar-refractivity contribution in [1.29, 1.82) is 0 Å². The van der Waals surface area contributed by atoms with Gasteiger partial charge in [0.05, 0.1) is 18.4 Å². The van der Waals surface area contributed by atoms with E-state index in [1.807, 2.05) is 7.05 Å². The Labute approximate surface area is 100.0 Å². The molecule has 5 heteroatoms. The number of aromatic nitrogens is 1. The van der Waals surface area contributed by atoms with Crippen LogP contribution in [0.3, 0.4) is 0 Å². The zero-order valence-corrected chi connectivity index (χ0v) is 10.4. The maximum atomic E-state index is 5.80. The van der Waals surface area contributed by atoms with Crippen LogP contribution >= 0.6 is 11.3 Å². The van der Waals surface area contributed by atoms with Gasteiger partial charge in [0.25, 0.3) is 0 Å². The lowest BCUT2D eigenvalue weighted by Crippen LogP contribution is -2.23. The van der Waals surface area contributed by atoms with Gasteiger partial charge in [-0.2, -0.15) is 0 Å². The summed E-state index contributed by atoms with van der Waals surface area (Å²) in [6.07, 6.45) is 2.37. The molecule has 1 fully saturated rings. The maximum absolute atomic E-state index is 5.80. The Morgan fingerprint density at radius 2 is 2.38 bits per heavy atom.